The number of amides is 2. The van der Waals surface area contributed by atoms with Crippen LogP contribution in [-0.2, 0) is 4.79 Å². The molecule has 0 heterocycles. The molecule has 0 bridgehead atoms. The Morgan fingerprint density at radius 1 is 1.04 bits per heavy atom. The number of unbranched alkanes of at least 4 members (excludes halogenated alkanes) is 1. The van der Waals surface area contributed by atoms with Crippen LogP contribution in [0.5, 0.6) is 0 Å². The third kappa shape index (κ3) is 5.12. The first-order valence-electron chi connectivity index (χ1n) is 8.50. The van der Waals surface area contributed by atoms with E-state index in [1.807, 2.05) is 6.92 Å². The second-order valence-corrected chi connectivity index (χ2v) is 6.07. The summed E-state index contributed by atoms with van der Waals surface area (Å²) in [4.78, 5) is 25.7. The molecule has 0 aliphatic heterocycles. The fraction of sp³-hybridized carbons (Fsp3) is 0.300. The lowest BCUT2D eigenvalue weighted by Crippen LogP contribution is -2.38. The Morgan fingerprint density at radius 3 is 2.46 bits per heavy atom. The largest absolute Gasteiger partial charge is 0.355 e. The zero-order valence-corrected chi connectivity index (χ0v) is 14.9. The van der Waals surface area contributed by atoms with E-state index in [4.69, 9.17) is 0 Å². The van der Waals surface area contributed by atoms with Crippen molar-refractivity contribution < 1.29 is 18.4 Å². The average Bonchev–Trinajstić information content (AvgIpc) is 2.63. The molecular formula is C20H22F2N2O2. The first-order valence-corrected chi connectivity index (χ1v) is 8.50. The highest BCUT2D eigenvalue weighted by atomic mass is 19.2. The average molecular weight is 360 g/mol. The van der Waals surface area contributed by atoms with E-state index in [0.29, 0.717) is 23.2 Å². The van der Waals surface area contributed by atoms with Gasteiger partial charge in [-0.2, -0.15) is 0 Å². The number of halogens is 2. The van der Waals surface area contributed by atoms with Crippen molar-refractivity contribution in [2.45, 2.75) is 19.8 Å². The predicted molar refractivity (Wildman–Crippen MR) is 96.7 cm³/mol. The molecule has 26 heavy (non-hydrogen) atoms. The summed E-state index contributed by atoms with van der Waals surface area (Å²) in [6, 6.07) is 10.2. The lowest BCUT2D eigenvalue weighted by Gasteiger charge is -2.17. The number of rotatable bonds is 7. The number of hydrogen-bond donors (Lipinski definition) is 1. The topological polar surface area (TPSA) is 49.4 Å². The van der Waals surface area contributed by atoms with Gasteiger partial charge in [0.25, 0.3) is 5.91 Å². The Hall–Kier alpha value is -2.76. The van der Waals surface area contributed by atoms with Crippen molar-refractivity contribution in [3.05, 3.63) is 59.7 Å². The molecule has 2 amide bonds. The molecule has 0 atom stereocenters. The van der Waals surface area contributed by atoms with Crippen molar-refractivity contribution in [1.82, 2.24) is 10.2 Å². The highest BCUT2D eigenvalue weighted by Crippen LogP contribution is 2.23. The van der Waals surface area contributed by atoms with E-state index in [1.165, 1.54) is 11.0 Å². The molecule has 2 aromatic rings. The molecule has 138 valence electrons. The van der Waals surface area contributed by atoms with Crippen molar-refractivity contribution >= 4 is 11.8 Å². The lowest BCUT2D eigenvalue weighted by atomic mass is 10.0. The number of likely N-dealkylation sites (N-methyl/N-ethyl adjacent to an activating group) is 1. The van der Waals surface area contributed by atoms with Crippen LogP contribution in [0.25, 0.3) is 11.1 Å². The zero-order valence-electron chi connectivity index (χ0n) is 14.9. The molecule has 0 aromatic heterocycles. The standard InChI is InChI=1S/C20H22F2N2O2/c1-3-4-10-23-19(25)13-24(2)20(26)16-7-5-6-14(11-16)15-8-9-17(21)18(22)12-15/h5-9,11-12H,3-4,10,13H2,1-2H3,(H,23,25). The molecule has 0 fully saturated rings. The van der Waals surface area contributed by atoms with Crippen molar-refractivity contribution in [2.75, 3.05) is 20.1 Å². The molecule has 0 aliphatic rings. The first kappa shape index (κ1) is 19.6. The van der Waals surface area contributed by atoms with Crippen LogP contribution < -0.4 is 5.32 Å². The Balaban J connectivity index is 2.09. The van der Waals surface area contributed by atoms with Crippen molar-refractivity contribution in [3.8, 4) is 11.1 Å². The molecule has 0 saturated carbocycles. The monoisotopic (exact) mass is 360 g/mol. The quantitative estimate of drug-likeness (QED) is 0.767. The summed E-state index contributed by atoms with van der Waals surface area (Å²) >= 11 is 0. The van der Waals surface area contributed by atoms with Gasteiger partial charge in [0, 0.05) is 19.2 Å². The maximum Gasteiger partial charge on any atom is 0.254 e. The maximum absolute atomic E-state index is 13.4. The molecule has 0 spiro atoms. The van der Waals surface area contributed by atoms with Crippen LogP contribution in [-0.4, -0.2) is 36.9 Å². The van der Waals surface area contributed by atoms with Crippen LogP contribution in [0.1, 0.15) is 30.1 Å². The van der Waals surface area contributed by atoms with Crippen LogP contribution in [0.15, 0.2) is 42.5 Å². The molecule has 0 aliphatic carbocycles. The molecule has 1 N–H and O–H groups in total. The molecule has 2 aromatic carbocycles. The van der Waals surface area contributed by atoms with Gasteiger partial charge in [-0.3, -0.25) is 9.59 Å². The van der Waals surface area contributed by atoms with Gasteiger partial charge in [-0.1, -0.05) is 31.5 Å². The molecule has 4 nitrogen and oxygen atoms in total. The minimum Gasteiger partial charge on any atom is -0.355 e. The fourth-order valence-corrected chi connectivity index (χ4v) is 2.48. The Bertz CT molecular complexity index is 793. The number of nitrogens with zero attached hydrogens (tertiary/aromatic N) is 1. The van der Waals surface area contributed by atoms with Crippen LogP contribution in [0, 0.1) is 11.6 Å². The van der Waals surface area contributed by atoms with Crippen molar-refractivity contribution in [3.63, 3.8) is 0 Å². The SMILES string of the molecule is CCCCNC(=O)CN(C)C(=O)c1cccc(-c2ccc(F)c(F)c2)c1. The van der Waals surface area contributed by atoms with Crippen LogP contribution in [0.4, 0.5) is 8.78 Å². The van der Waals surface area contributed by atoms with Gasteiger partial charge in [-0.25, -0.2) is 8.78 Å². The van der Waals surface area contributed by atoms with E-state index >= 15 is 0 Å². The van der Waals surface area contributed by atoms with Crippen LogP contribution in [0.3, 0.4) is 0 Å². The first-order chi connectivity index (χ1) is 12.4. The molecule has 0 radical (unpaired) electrons. The summed E-state index contributed by atoms with van der Waals surface area (Å²) in [6.45, 7) is 2.57. The highest BCUT2D eigenvalue weighted by Gasteiger charge is 2.15. The highest BCUT2D eigenvalue weighted by molar-refractivity contribution is 5.97. The van der Waals surface area contributed by atoms with E-state index in [1.54, 1.807) is 31.3 Å². The van der Waals surface area contributed by atoms with Gasteiger partial charge in [-0.15, -0.1) is 0 Å². The summed E-state index contributed by atoms with van der Waals surface area (Å²) in [5.41, 5.74) is 1.44. The predicted octanol–water partition coefficient (Wildman–Crippen LogP) is 3.62. The van der Waals surface area contributed by atoms with E-state index in [-0.39, 0.29) is 18.4 Å². The smallest absolute Gasteiger partial charge is 0.254 e. The number of carbonyl (C=O) groups is 2. The third-order valence-electron chi connectivity index (χ3n) is 3.94. The minimum absolute atomic E-state index is 0.0437. The Labute approximate surface area is 151 Å². The minimum atomic E-state index is -0.944. The van der Waals surface area contributed by atoms with Crippen molar-refractivity contribution in [1.29, 1.82) is 0 Å². The summed E-state index contributed by atoms with van der Waals surface area (Å²) < 4.78 is 26.5. The summed E-state index contributed by atoms with van der Waals surface area (Å²) in [7, 11) is 1.55. The summed E-state index contributed by atoms with van der Waals surface area (Å²) in [5, 5.41) is 2.76. The fourth-order valence-electron chi connectivity index (χ4n) is 2.48. The van der Waals surface area contributed by atoms with Gasteiger partial charge < -0.3 is 10.2 Å². The van der Waals surface area contributed by atoms with Gasteiger partial charge in [-0.05, 0) is 41.8 Å². The van der Waals surface area contributed by atoms with Gasteiger partial charge in [0.05, 0.1) is 6.54 Å². The molecule has 2 rings (SSSR count). The zero-order chi connectivity index (χ0) is 19.1. The normalized spacial score (nSPS) is 10.5. The molecule has 0 saturated heterocycles. The van der Waals surface area contributed by atoms with Gasteiger partial charge in [0.2, 0.25) is 5.91 Å². The van der Waals surface area contributed by atoms with E-state index in [2.05, 4.69) is 5.32 Å². The van der Waals surface area contributed by atoms with Crippen LogP contribution in [0.2, 0.25) is 0 Å². The maximum atomic E-state index is 13.4. The number of nitrogens with one attached hydrogen (secondary N) is 1. The van der Waals surface area contributed by atoms with E-state index < -0.39 is 11.6 Å². The second kappa shape index (κ2) is 9.08. The van der Waals surface area contributed by atoms with E-state index in [0.717, 1.165) is 25.0 Å². The second-order valence-electron chi connectivity index (χ2n) is 6.07. The van der Waals surface area contributed by atoms with E-state index in [9.17, 15) is 18.4 Å². The molecular weight excluding hydrogens is 338 g/mol. The molecule has 6 heteroatoms. The van der Waals surface area contributed by atoms with Crippen LogP contribution >= 0.6 is 0 Å². The molecule has 0 unspecified atom stereocenters. The Kier molecular flexibility index (Phi) is 6.83. The lowest BCUT2D eigenvalue weighted by molar-refractivity contribution is -0.121. The number of carbonyl (C=O) groups excluding carboxylic acids is 2. The number of benzene rings is 2. The third-order valence-corrected chi connectivity index (χ3v) is 3.94. The number of hydrogen-bond acceptors (Lipinski definition) is 2. The summed E-state index contributed by atoms with van der Waals surface area (Å²) in [5.74, 6) is -2.40. The Morgan fingerprint density at radius 2 is 1.77 bits per heavy atom. The summed E-state index contributed by atoms with van der Waals surface area (Å²) in [6.07, 6.45) is 1.87. The van der Waals surface area contributed by atoms with Gasteiger partial charge in [0.15, 0.2) is 11.6 Å². The van der Waals surface area contributed by atoms with Gasteiger partial charge in [0.1, 0.15) is 0 Å². The van der Waals surface area contributed by atoms with Gasteiger partial charge >= 0.3 is 0 Å². The van der Waals surface area contributed by atoms with Crippen molar-refractivity contribution in [2.24, 2.45) is 0 Å².